The molecule has 5 rings (SSSR count). The van der Waals surface area contributed by atoms with E-state index in [0.717, 1.165) is 53.8 Å². The van der Waals surface area contributed by atoms with Crippen LogP contribution in [0.5, 0.6) is 0 Å². The normalized spacial score (nSPS) is 15.2. The number of likely N-dealkylation sites (tertiary alicyclic amines) is 1. The van der Waals surface area contributed by atoms with E-state index in [0.29, 0.717) is 11.0 Å². The fourth-order valence-electron chi connectivity index (χ4n) is 4.31. The Balaban J connectivity index is 1.37. The molecule has 3 heterocycles. The SMILES string of the molecule is CN1CCC(C(=O)Nc2ccc(Nc3ccnc4[nH]c(=O)c5ccccc5c34)cc2)CC1. The van der Waals surface area contributed by atoms with Crippen molar-refractivity contribution < 1.29 is 4.79 Å². The van der Waals surface area contributed by atoms with Crippen molar-refractivity contribution in [2.24, 2.45) is 5.92 Å². The van der Waals surface area contributed by atoms with Crippen LogP contribution in [0.1, 0.15) is 12.8 Å². The maximum Gasteiger partial charge on any atom is 0.257 e. The second-order valence-electron chi connectivity index (χ2n) is 8.35. The van der Waals surface area contributed by atoms with Gasteiger partial charge in [-0.15, -0.1) is 0 Å². The highest BCUT2D eigenvalue weighted by Gasteiger charge is 2.23. The third-order valence-corrected chi connectivity index (χ3v) is 6.14. The van der Waals surface area contributed by atoms with Gasteiger partial charge in [-0.2, -0.15) is 0 Å². The number of anilines is 3. The molecule has 0 bridgehead atoms. The number of aromatic nitrogens is 2. The summed E-state index contributed by atoms with van der Waals surface area (Å²) >= 11 is 0. The molecule has 0 saturated carbocycles. The van der Waals surface area contributed by atoms with Gasteiger partial charge in [0.05, 0.1) is 5.69 Å². The Hall–Kier alpha value is -3.71. The van der Waals surface area contributed by atoms with Crippen LogP contribution in [0, 0.1) is 5.92 Å². The molecule has 1 fully saturated rings. The summed E-state index contributed by atoms with van der Waals surface area (Å²) in [6.45, 7) is 1.92. The highest BCUT2D eigenvalue weighted by atomic mass is 16.2. The number of amides is 1. The molecule has 3 N–H and O–H groups in total. The Labute approximate surface area is 185 Å². The van der Waals surface area contributed by atoms with Crippen LogP contribution in [-0.2, 0) is 4.79 Å². The number of pyridine rings is 2. The first-order valence-corrected chi connectivity index (χ1v) is 10.8. The first-order chi connectivity index (χ1) is 15.6. The van der Waals surface area contributed by atoms with Crippen LogP contribution in [0.15, 0.2) is 65.6 Å². The van der Waals surface area contributed by atoms with E-state index in [1.807, 2.05) is 54.6 Å². The van der Waals surface area contributed by atoms with Gasteiger partial charge in [-0.1, -0.05) is 18.2 Å². The fraction of sp³-hybridized carbons (Fsp3) is 0.240. The Morgan fingerprint density at radius 1 is 1.00 bits per heavy atom. The van der Waals surface area contributed by atoms with E-state index < -0.39 is 0 Å². The highest BCUT2D eigenvalue weighted by molar-refractivity contribution is 6.10. The lowest BCUT2D eigenvalue weighted by molar-refractivity contribution is -0.121. The molecule has 4 aromatic rings. The van der Waals surface area contributed by atoms with Crippen LogP contribution in [0.3, 0.4) is 0 Å². The quantitative estimate of drug-likeness (QED) is 0.427. The highest BCUT2D eigenvalue weighted by Crippen LogP contribution is 2.30. The number of carbonyl (C=O) groups excluding carboxylic acids is 1. The summed E-state index contributed by atoms with van der Waals surface area (Å²) in [7, 11) is 2.09. The van der Waals surface area contributed by atoms with Crippen molar-refractivity contribution in [3.63, 3.8) is 0 Å². The van der Waals surface area contributed by atoms with Crippen LogP contribution in [0.4, 0.5) is 17.1 Å². The smallest absolute Gasteiger partial charge is 0.257 e. The monoisotopic (exact) mass is 427 g/mol. The van der Waals surface area contributed by atoms with Crippen LogP contribution in [0.25, 0.3) is 21.8 Å². The van der Waals surface area contributed by atoms with Gasteiger partial charge in [0, 0.05) is 39.6 Å². The van der Waals surface area contributed by atoms with Gasteiger partial charge in [-0.3, -0.25) is 9.59 Å². The topological polar surface area (TPSA) is 90.1 Å². The lowest BCUT2D eigenvalue weighted by Gasteiger charge is -2.28. The van der Waals surface area contributed by atoms with E-state index in [1.165, 1.54) is 0 Å². The first kappa shape index (κ1) is 20.2. The lowest BCUT2D eigenvalue weighted by Crippen LogP contribution is -2.35. The minimum atomic E-state index is -0.151. The number of benzene rings is 2. The molecule has 162 valence electrons. The molecule has 1 amide bonds. The van der Waals surface area contributed by atoms with E-state index in [2.05, 4.69) is 32.5 Å². The van der Waals surface area contributed by atoms with Crippen LogP contribution in [-0.4, -0.2) is 40.9 Å². The number of hydrogen-bond donors (Lipinski definition) is 3. The molecule has 7 nitrogen and oxygen atoms in total. The summed E-state index contributed by atoms with van der Waals surface area (Å²) in [6.07, 6.45) is 3.46. The predicted molar refractivity (Wildman–Crippen MR) is 128 cm³/mol. The van der Waals surface area contributed by atoms with Crippen LogP contribution < -0.4 is 16.2 Å². The van der Waals surface area contributed by atoms with E-state index in [9.17, 15) is 9.59 Å². The number of H-pyrrole nitrogens is 1. The average molecular weight is 428 g/mol. The zero-order valence-electron chi connectivity index (χ0n) is 17.9. The zero-order chi connectivity index (χ0) is 22.1. The molecular formula is C25H25N5O2. The zero-order valence-corrected chi connectivity index (χ0v) is 17.9. The fourth-order valence-corrected chi connectivity index (χ4v) is 4.31. The Kier molecular flexibility index (Phi) is 5.33. The van der Waals surface area contributed by atoms with Gasteiger partial charge in [0.15, 0.2) is 0 Å². The van der Waals surface area contributed by atoms with Crippen molar-refractivity contribution >= 4 is 44.8 Å². The minimum absolute atomic E-state index is 0.0719. The lowest BCUT2D eigenvalue weighted by atomic mass is 9.96. The van der Waals surface area contributed by atoms with Gasteiger partial charge in [0.1, 0.15) is 5.65 Å². The minimum Gasteiger partial charge on any atom is -0.355 e. The number of nitrogens with one attached hydrogen (secondary N) is 3. The van der Waals surface area contributed by atoms with Crippen LogP contribution >= 0.6 is 0 Å². The molecule has 2 aromatic carbocycles. The summed E-state index contributed by atoms with van der Waals surface area (Å²) in [5, 5.41) is 8.81. The van der Waals surface area contributed by atoms with Gasteiger partial charge < -0.3 is 20.5 Å². The van der Waals surface area contributed by atoms with Crippen molar-refractivity contribution in [1.82, 2.24) is 14.9 Å². The molecule has 0 spiro atoms. The molecule has 2 aromatic heterocycles. The molecule has 0 unspecified atom stereocenters. The third kappa shape index (κ3) is 3.94. The van der Waals surface area contributed by atoms with Crippen molar-refractivity contribution in [3.8, 4) is 0 Å². The summed E-state index contributed by atoms with van der Waals surface area (Å²) in [6, 6.07) is 17.1. The van der Waals surface area contributed by atoms with Gasteiger partial charge in [-0.25, -0.2) is 4.98 Å². The number of fused-ring (bicyclic) bond motifs is 3. The maximum absolute atomic E-state index is 12.6. The number of piperidine rings is 1. The summed E-state index contributed by atoms with van der Waals surface area (Å²) < 4.78 is 0. The summed E-state index contributed by atoms with van der Waals surface area (Å²) in [4.78, 5) is 34.4. The number of rotatable bonds is 4. The standard InChI is InChI=1S/C25H25N5O2/c1-30-14-11-16(12-15-30)24(31)28-18-8-6-17(7-9-18)27-21-10-13-26-23-22(21)19-4-2-3-5-20(19)25(32)29-23/h2-10,13,16H,11-12,14-15H2,1H3,(H,28,31)(H2,26,27,29,32). The number of carbonyl (C=O) groups is 1. The predicted octanol–water partition coefficient (Wildman–Crippen LogP) is 4.10. The van der Waals surface area contributed by atoms with Gasteiger partial charge in [-0.05, 0) is 69.4 Å². The first-order valence-electron chi connectivity index (χ1n) is 10.8. The molecule has 1 aliphatic rings. The summed E-state index contributed by atoms with van der Waals surface area (Å²) in [5.74, 6) is 0.164. The van der Waals surface area contributed by atoms with Crippen LogP contribution in [0.2, 0.25) is 0 Å². The molecule has 32 heavy (non-hydrogen) atoms. The Morgan fingerprint density at radius 2 is 1.69 bits per heavy atom. The van der Waals surface area contributed by atoms with Gasteiger partial charge in [0.25, 0.3) is 5.56 Å². The molecule has 1 aliphatic heterocycles. The van der Waals surface area contributed by atoms with E-state index in [-0.39, 0.29) is 17.4 Å². The van der Waals surface area contributed by atoms with Crippen molar-refractivity contribution in [1.29, 1.82) is 0 Å². The second kappa shape index (κ2) is 8.43. The molecular weight excluding hydrogens is 402 g/mol. The molecule has 0 radical (unpaired) electrons. The van der Waals surface area contributed by atoms with Gasteiger partial charge >= 0.3 is 0 Å². The average Bonchev–Trinajstić information content (AvgIpc) is 2.81. The van der Waals surface area contributed by atoms with Crippen molar-refractivity contribution in [3.05, 3.63) is 71.1 Å². The largest absolute Gasteiger partial charge is 0.355 e. The number of hydrogen-bond acceptors (Lipinski definition) is 5. The molecule has 0 atom stereocenters. The van der Waals surface area contributed by atoms with E-state index in [1.54, 1.807) is 6.20 Å². The molecule has 1 saturated heterocycles. The van der Waals surface area contributed by atoms with Crippen molar-refractivity contribution in [2.75, 3.05) is 30.8 Å². The maximum atomic E-state index is 12.6. The van der Waals surface area contributed by atoms with Crippen molar-refractivity contribution in [2.45, 2.75) is 12.8 Å². The number of aromatic amines is 1. The third-order valence-electron chi connectivity index (χ3n) is 6.14. The van der Waals surface area contributed by atoms with E-state index >= 15 is 0 Å². The number of nitrogens with zero attached hydrogens (tertiary/aromatic N) is 2. The second-order valence-corrected chi connectivity index (χ2v) is 8.35. The Morgan fingerprint density at radius 3 is 2.44 bits per heavy atom. The van der Waals surface area contributed by atoms with Gasteiger partial charge in [0.2, 0.25) is 5.91 Å². The Bertz CT molecular complexity index is 1340. The summed E-state index contributed by atoms with van der Waals surface area (Å²) in [5.41, 5.74) is 2.91. The molecule has 7 heteroatoms. The van der Waals surface area contributed by atoms with E-state index in [4.69, 9.17) is 0 Å². The molecule has 0 aliphatic carbocycles.